The fourth-order valence-corrected chi connectivity index (χ4v) is 11.6. The van der Waals surface area contributed by atoms with Gasteiger partial charge in [-0.05, 0) is 129 Å². The summed E-state index contributed by atoms with van der Waals surface area (Å²) in [5.41, 5.74) is 6.30. The number of hydrogen-bond donors (Lipinski definition) is 4. The Bertz CT molecular complexity index is 2420. The van der Waals surface area contributed by atoms with E-state index in [1.165, 1.54) is 0 Å². The van der Waals surface area contributed by atoms with Crippen LogP contribution in [0.5, 0.6) is 0 Å². The Hall–Kier alpha value is -5.38. The van der Waals surface area contributed by atoms with Gasteiger partial charge in [-0.1, -0.05) is 24.3 Å². The lowest BCUT2D eigenvalue weighted by Crippen LogP contribution is -2.53. The summed E-state index contributed by atoms with van der Waals surface area (Å²) in [5.74, 6) is 1.80. The molecule has 340 valence electrons. The Morgan fingerprint density at radius 1 is 0.688 bits per heavy atom. The topological polar surface area (TPSA) is 175 Å². The number of imidazole rings is 2. The van der Waals surface area contributed by atoms with E-state index >= 15 is 0 Å². The average Bonchev–Trinajstić information content (AvgIpc) is 4.13. The van der Waals surface area contributed by atoms with Crippen LogP contribution in [0.25, 0.3) is 39.4 Å². The highest BCUT2D eigenvalue weighted by molar-refractivity contribution is 5.85. The number of aromatic nitrogens is 6. The van der Waals surface area contributed by atoms with E-state index in [2.05, 4.69) is 81.9 Å². The molecule has 0 spiro atoms. The number of ether oxygens (including phenoxy) is 2. The van der Waals surface area contributed by atoms with E-state index in [1.807, 2.05) is 56.5 Å². The van der Waals surface area contributed by atoms with Gasteiger partial charge >= 0.3 is 0 Å². The minimum Gasteiger partial charge on any atom is -0.376 e. The van der Waals surface area contributed by atoms with Gasteiger partial charge in [-0.3, -0.25) is 19.4 Å². The van der Waals surface area contributed by atoms with E-state index in [1.54, 1.807) is 6.20 Å². The lowest BCUT2D eigenvalue weighted by Gasteiger charge is -2.39. The van der Waals surface area contributed by atoms with Crippen LogP contribution in [0.3, 0.4) is 0 Å². The molecule has 4 saturated heterocycles. The largest absolute Gasteiger partial charge is 0.376 e. The first-order chi connectivity index (χ1) is 30.9. The maximum Gasteiger partial charge on any atom is 0.246 e. The van der Waals surface area contributed by atoms with Crippen LogP contribution in [-0.2, 0) is 23.9 Å². The number of H-pyrrole nitrogens is 2. The smallest absolute Gasteiger partial charge is 0.246 e. The molecule has 64 heavy (non-hydrogen) atoms. The fourth-order valence-electron chi connectivity index (χ4n) is 11.6. The van der Waals surface area contributed by atoms with Crippen molar-refractivity contribution >= 4 is 23.7 Å². The zero-order chi connectivity index (χ0) is 44.8. The van der Waals surface area contributed by atoms with Gasteiger partial charge < -0.3 is 44.3 Å². The third kappa shape index (κ3) is 8.37. The van der Waals surface area contributed by atoms with Gasteiger partial charge in [0, 0.05) is 23.8 Å². The van der Waals surface area contributed by atoms with Crippen LogP contribution in [0.4, 0.5) is 0 Å². The molecule has 0 aliphatic carbocycles. The second-order valence-corrected chi connectivity index (χ2v) is 19.1. The van der Waals surface area contributed by atoms with Gasteiger partial charge in [0.2, 0.25) is 18.2 Å². The number of amides is 3. The number of aromatic amines is 2. The molecule has 4 aromatic heterocycles. The van der Waals surface area contributed by atoms with E-state index in [9.17, 15) is 14.4 Å². The maximum absolute atomic E-state index is 14.3. The van der Waals surface area contributed by atoms with E-state index in [0.717, 1.165) is 83.8 Å². The number of carbonyl (C=O) groups excluding carboxylic acids is 3. The van der Waals surface area contributed by atoms with Gasteiger partial charge in [0.05, 0.1) is 83.7 Å². The number of nitrogens with zero attached hydrogens (tertiary/aromatic N) is 6. The van der Waals surface area contributed by atoms with E-state index in [-0.39, 0.29) is 78.3 Å². The molecule has 8 heterocycles. The normalized spacial score (nSPS) is 29.5. The Morgan fingerprint density at radius 2 is 1.20 bits per heavy atom. The monoisotopic (exact) mass is 873 g/mol. The molecule has 0 bridgehead atoms. The summed E-state index contributed by atoms with van der Waals surface area (Å²) in [4.78, 5) is 66.1. The van der Waals surface area contributed by atoms with Crippen molar-refractivity contribution in [1.82, 2.24) is 49.8 Å². The van der Waals surface area contributed by atoms with Crippen molar-refractivity contribution in [3.8, 4) is 33.9 Å². The SMILES string of the molecule is CNC(C(=O)N1[C@@H](C)CC[C@H]1c1ncc(-c2ccc(-c3cnc(-c4cnc([C@@H]5CCC(C)N5C(=O)C(NC=O)C5C[C@@H](C)O[C@@H](C)C5)[nH]4)c4cccn34)cc2)[nH]1)C1C[C@@H](C)O[C@@H](C)C1. The maximum atomic E-state index is 14.3. The first-order valence-electron chi connectivity index (χ1n) is 23.4. The first-order valence-corrected chi connectivity index (χ1v) is 23.4. The molecular formula is C49H64N10O5. The molecule has 15 heteroatoms. The molecule has 12 atom stereocenters. The molecule has 4 fully saturated rings. The molecule has 5 unspecified atom stereocenters. The number of likely N-dealkylation sites (N-methyl/N-ethyl adjacent to an activating group) is 1. The van der Waals surface area contributed by atoms with Crippen molar-refractivity contribution in [2.75, 3.05) is 7.05 Å². The van der Waals surface area contributed by atoms with Crippen molar-refractivity contribution < 1.29 is 23.9 Å². The summed E-state index contributed by atoms with van der Waals surface area (Å²) in [5, 5.41) is 6.26. The van der Waals surface area contributed by atoms with Crippen molar-refractivity contribution in [2.45, 2.75) is 154 Å². The highest BCUT2D eigenvalue weighted by Crippen LogP contribution is 2.40. The summed E-state index contributed by atoms with van der Waals surface area (Å²) in [6, 6.07) is 11.3. The summed E-state index contributed by atoms with van der Waals surface area (Å²) in [7, 11) is 1.90. The molecule has 4 aliphatic heterocycles. The lowest BCUT2D eigenvalue weighted by atomic mass is 9.85. The van der Waals surface area contributed by atoms with Crippen LogP contribution in [0.1, 0.15) is 117 Å². The number of rotatable bonds is 12. The lowest BCUT2D eigenvalue weighted by molar-refractivity contribution is -0.142. The minimum atomic E-state index is -0.624. The molecule has 3 amide bonds. The number of hydrogen-bond acceptors (Lipinski definition) is 9. The second-order valence-electron chi connectivity index (χ2n) is 19.1. The number of carbonyl (C=O) groups is 3. The third-order valence-electron chi connectivity index (χ3n) is 14.5. The van der Waals surface area contributed by atoms with Gasteiger partial charge in [-0.15, -0.1) is 0 Å². The fraction of sp³-hybridized carbons (Fsp3) is 0.551. The number of fused-ring (bicyclic) bond motifs is 1. The molecule has 4 aliphatic rings. The van der Waals surface area contributed by atoms with Crippen molar-refractivity contribution in [1.29, 1.82) is 0 Å². The Balaban J connectivity index is 0.910. The van der Waals surface area contributed by atoms with Crippen LogP contribution in [0.2, 0.25) is 0 Å². The van der Waals surface area contributed by atoms with E-state index in [4.69, 9.17) is 24.4 Å². The van der Waals surface area contributed by atoms with E-state index < -0.39 is 6.04 Å². The van der Waals surface area contributed by atoms with Crippen LogP contribution < -0.4 is 10.6 Å². The first kappa shape index (κ1) is 43.9. The van der Waals surface area contributed by atoms with Crippen molar-refractivity contribution in [3.05, 3.63) is 72.8 Å². The Labute approximate surface area is 375 Å². The van der Waals surface area contributed by atoms with E-state index in [0.29, 0.717) is 25.1 Å². The van der Waals surface area contributed by atoms with Gasteiger partial charge in [-0.25, -0.2) is 9.97 Å². The summed E-state index contributed by atoms with van der Waals surface area (Å²) >= 11 is 0. The van der Waals surface area contributed by atoms with Crippen LogP contribution in [-0.4, -0.2) is 113 Å². The molecule has 4 N–H and O–H groups in total. The third-order valence-corrected chi connectivity index (χ3v) is 14.5. The summed E-state index contributed by atoms with van der Waals surface area (Å²) in [6.07, 6.45) is 15.1. The predicted octanol–water partition coefficient (Wildman–Crippen LogP) is 7.00. The number of nitrogens with one attached hydrogen (secondary N) is 4. The molecule has 0 radical (unpaired) electrons. The molecule has 0 saturated carbocycles. The molecule has 15 nitrogen and oxygen atoms in total. The van der Waals surface area contributed by atoms with Crippen LogP contribution in [0, 0.1) is 11.8 Å². The quantitative estimate of drug-likeness (QED) is 0.0964. The van der Waals surface area contributed by atoms with Gasteiger partial charge in [-0.2, -0.15) is 0 Å². The Kier molecular flexibility index (Phi) is 12.5. The molecule has 5 aromatic rings. The second kappa shape index (κ2) is 18.2. The molecular weight excluding hydrogens is 809 g/mol. The van der Waals surface area contributed by atoms with Gasteiger partial charge in [0.25, 0.3) is 0 Å². The van der Waals surface area contributed by atoms with Crippen LogP contribution in [0.15, 0.2) is 61.2 Å². The summed E-state index contributed by atoms with van der Waals surface area (Å²) in [6.45, 7) is 12.5. The molecule has 1 aromatic carbocycles. The van der Waals surface area contributed by atoms with Crippen molar-refractivity contribution in [2.24, 2.45) is 11.8 Å². The highest BCUT2D eigenvalue weighted by Gasteiger charge is 2.45. The molecule has 9 rings (SSSR count). The highest BCUT2D eigenvalue weighted by atomic mass is 16.5. The predicted molar refractivity (Wildman–Crippen MR) is 244 cm³/mol. The standard InChI is InChI=1S/C49H64N10O5/c1-27-10-16-40(58(27)48(61)43(50-7)35-19-29(3)63-30(4)20-35)46-52-23-37(55-46)33-12-14-34(15-13-33)42-25-51-45(39-9-8-18-57(39)42)38-24-53-47(56-38)41-17-11-28(2)59(41)49(62)44(54-26-60)36-21-31(5)64-32(6)22-36/h8-9,12-15,18,23-32,35-36,40-41,43-44,50H,10-11,16-17,19-22H2,1-7H3,(H,52,55)(H,53,56)(H,54,60)/t27-,28?,29-,30+,31-,32+,35?,36?,40-,41-,43?,44?/m0/s1. The number of likely N-dealkylation sites (tertiary alicyclic amines) is 2. The van der Waals surface area contributed by atoms with Crippen LogP contribution >= 0.6 is 0 Å². The number of benzene rings is 1. The zero-order valence-corrected chi connectivity index (χ0v) is 38.2. The van der Waals surface area contributed by atoms with Crippen molar-refractivity contribution in [3.63, 3.8) is 0 Å². The zero-order valence-electron chi connectivity index (χ0n) is 38.2. The minimum absolute atomic E-state index is 0.00251. The summed E-state index contributed by atoms with van der Waals surface area (Å²) < 4.78 is 14.1. The Morgan fingerprint density at radius 3 is 1.77 bits per heavy atom. The van der Waals surface area contributed by atoms with Gasteiger partial charge in [0.1, 0.15) is 23.4 Å². The average molecular weight is 873 g/mol. The van der Waals surface area contributed by atoms with Gasteiger partial charge in [0.15, 0.2) is 0 Å².